The van der Waals surface area contributed by atoms with E-state index in [1.165, 1.54) is 11.1 Å². The van der Waals surface area contributed by atoms with E-state index in [0.29, 0.717) is 0 Å². The Morgan fingerprint density at radius 3 is 2.50 bits per heavy atom. The molecule has 3 heteroatoms. The van der Waals surface area contributed by atoms with Crippen molar-refractivity contribution in [2.24, 2.45) is 12.8 Å². The summed E-state index contributed by atoms with van der Waals surface area (Å²) in [5, 5.41) is 4.36. The zero-order valence-electron chi connectivity index (χ0n) is 9.94. The Morgan fingerprint density at radius 1 is 1.25 bits per heavy atom. The average molecular weight is 215 g/mol. The lowest BCUT2D eigenvalue weighted by Crippen LogP contribution is -2.06. The molecule has 0 spiro atoms. The molecule has 1 atom stereocenters. The van der Waals surface area contributed by atoms with Gasteiger partial charge in [0, 0.05) is 24.8 Å². The van der Waals surface area contributed by atoms with Crippen LogP contribution in [0.3, 0.4) is 0 Å². The molecule has 0 bridgehead atoms. The summed E-state index contributed by atoms with van der Waals surface area (Å²) in [5.41, 5.74) is 10.5. The van der Waals surface area contributed by atoms with Crippen LogP contribution in [0.5, 0.6) is 0 Å². The van der Waals surface area contributed by atoms with Crippen LogP contribution in [-0.4, -0.2) is 9.78 Å². The highest BCUT2D eigenvalue weighted by molar-refractivity contribution is 5.69. The fourth-order valence-electron chi connectivity index (χ4n) is 2.00. The van der Waals surface area contributed by atoms with Gasteiger partial charge in [-0.05, 0) is 25.0 Å². The number of hydrogen-bond donors (Lipinski definition) is 1. The van der Waals surface area contributed by atoms with E-state index in [1.807, 2.05) is 43.9 Å². The summed E-state index contributed by atoms with van der Waals surface area (Å²) < 4.78 is 1.84. The number of rotatable bonds is 2. The van der Waals surface area contributed by atoms with Gasteiger partial charge in [-0.25, -0.2) is 0 Å². The zero-order chi connectivity index (χ0) is 11.7. The van der Waals surface area contributed by atoms with Gasteiger partial charge >= 0.3 is 0 Å². The average Bonchev–Trinajstić information content (AvgIpc) is 2.57. The maximum atomic E-state index is 5.98. The highest BCUT2D eigenvalue weighted by atomic mass is 15.2. The van der Waals surface area contributed by atoms with E-state index in [-0.39, 0.29) is 6.04 Å². The molecule has 84 valence electrons. The highest BCUT2D eigenvalue weighted by Gasteiger charge is 2.12. The first-order valence-electron chi connectivity index (χ1n) is 5.44. The van der Waals surface area contributed by atoms with Crippen LogP contribution in [0.15, 0.2) is 30.5 Å². The van der Waals surface area contributed by atoms with Crippen molar-refractivity contribution in [1.29, 1.82) is 0 Å². The Hall–Kier alpha value is -1.61. The highest BCUT2D eigenvalue weighted by Crippen LogP contribution is 2.28. The molecule has 1 aromatic heterocycles. The molecular formula is C13H17N3. The molecule has 2 rings (SSSR count). The van der Waals surface area contributed by atoms with Crippen LogP contribution in [0.2, 0.25) is 0 Å². The number of aromatic nitrogens is 2. The molecule has 0 amide bonds. The Bertz CT molecular complexity index is 498. The topological polar surface area (TPSA) is 43.8 Å². The van der Waals surface area contributed by atoms with Crippen molar-refractivity contribution in [2.45, 2.75) is 19.9 Å². The van der Waals surface area contributed by atoms with Gasteiger partial charge in [0.2, 0.25) is 0 Å². The van der Waals surface area contributed by atoms with Crippen LogP contribution in [0, 0.1) is 6.92 Å². The van der Waals surface area contributed by atoms with E-state index in [9.17, 15) is 0 Å². The summed E-state index contributed by atoms with van der Waals surface area (Å²) in [6.07, 6.45) is 2.04. The molecule has 0 aliphatic heterocycles. The lowest BCUT2D eigenvalue weighted by Gasteiger charge is -2.11. The van der Waals surface area contributed by atoms with Crippen molar-refractivity contribution in [3.8, 4) is 11.1 Å². The molecule has 0 fully saturated rings. The molecule has 0 saturated heterocycles. The lowest BCUT2D eigenvalue weighted by molar-refractivity contribution is 0.756. The van der Waals surface area contributed by atoms with Crippen LogP contribution in [0.1, 0.15) is 24.2 Å². The molecule has 0 aliphatic carbocycles. The van der Waals surface area contributed by atoms with E-state index in [1.54, 1.807) is 0 Å². The third kappa shape index (κ3) is 1.86. The molecular weight excluding hydrogens is 198 g/mol. The van der Waals surface area contributed by atoms with Crippen LogP contribution >= 0.6 is 0 Å². The van der Waals surface area contributed by atoms with E-state index < -0.39 is 0 Å². The van der Waals surface area contributed by atoms with Crippen LogP contribution in [-0.2, 0) is 7.05 Å². The number of nitrogens with zero attached hydrogens (tertiary/aromatic N) is 2. The molecule has 2 aromatic rings. The summed E-state index contributed by atoms with van der Waals surface area (Å²) in [4.78, 5) is 0. The minimum atomic E-state index is 0.0378. The number of benzene rings is 1. The summed E-state index contributed by atoms with van der Waals surface area (Å²) in [7, 11) is 1.94. The molecule has 3 nitrogen and oxygen atoms in total. The first-order valence-corrected chi connectivity index (χ1v) is 5.44. The molecule has 0 saturated carbocycles. The molecule has 1 heterocycles. The van der Waals surface area contributed by atoms with Gasteiger partial charge in [0.05, 0.1) is 5.69 Å². The second-order valence-corrected chi connectivity index (χ2v) is 4.18. The van der Waals surface area contributed by atoms with Crippen LogP contribution in [0.25, 0.3) is 11.1 Å². The maximum absolute atomic E-state index is 5.98. The van der Waals surface area contributed by atoms with Crippen molar-refractivity contribution >= 4 is 0 Å². The van der Waals surface area contributed by atoms with Gasteiger partial charge in [0.1, 0.15) is 0 Å². The van der Waals surface area contributed by atoms with E-state index in [4.69, 9.17) is 5.73 Å². The Kier molecular flexibility index (Phi) is 2.79. The van der Waals surface area contributed by atoms with Gasteiger partial charge in [0.15, 0.2) is 0 Å². The standard InChI is InChI=1S/C13H17N3/c1-9(14)11-6-4-5-7-12(11)13-8-16(3)15-10(13)2/h4-9H,14H2,1-3H3. The van der Waals surface area contributed by atoms with E-state index >= 15 is 0 Å². The van der Waals surface area contributed by atoms with Crippen LogP contribution < -0.4 is 5.73 Å². The van der Waals surface area contributed by atoms with Gasteiger partial charge in [-0.3, -0.25) is 4.68 Å². The summed E-state index contributed by atoms with van der Waals surface area (Å²) in [6, 6.07) is 8.27. The minimum absolute atomic E-state index is 0.0378. The Morgan fingerprint density at radius 2 is 1.94 bits per heavy atom. The number of aryl methyl sites for hydroxylation is 2. The molecule has 1 unspecified atom stereocenters. The predicted octanol–water partition coefficient (Wildman–Crippen LogP) is 2.42. The largest absolute Gasteiger partial charge is 0.324 e. The van der Waals surface area contributed by atoms with E-state index in [2.05, 4.69) is 17.2 Å². The Labute approximate surface area is 95.9 Å². The maximum Gasteiger partial charge on any atom is 0.0672 e. The van der Waals surface area contributed by atoms with Crippen molar-refractivity contribution in [1.82, 2.24) is 9.78 Å². The molecule has 0 radical (unpaired) electrons. The van der Waals surface area contributed by atoms with E-state index in [0.717, 1.165) is 11.3 Å². The second kappa shape index (κ2) is 4.10. The van der Waals surface area contributed by atoms with Crippen molar-refractivity contribution in [3.05, 3.63) is 41.7 Å². The molecule has 16 heavy (non-hydrogen) atoms. The fourth-order valence-corrected chi connectivity index (χ4v) is 2.00. The minimum Gasteiger partial charge on any atom is -0.324 e. The lowest BCUT2D eigenvalue weighted by atomic mass is 9.96. The first kappa shape index (κ1) is 10.9. The summed E-state index contributed by atoms with van der Waals surface area (Å²) in [5.74, 6) is 0. The molecule has 0 aliphatic rings. The van der Waals surface area contributed by atoms with Crippen molar-refractivity contribution in [3.63, 3.8) is 0 Å². The van der Waals surface area contributed by atoms with Crippen molar-refractivity contribution < 1.29 is 0 Å². The second-order valence-electron chi connectivity index (χ2n) is 4.18. The summed E-state index contributed by atoms with van der Waals surface area (Å²) in [6.45, 7) is 4.03. The smallest absolute Gasteiger partial charge is 0.0672 e. The van der Waals surface area contributed by atoms with Gasteiger partial charge in [-0.15, -0.1) is 0 Å². The number of hydrogen-bond acceptors (Lipinski definition) is 2. The fraction of sp³-hybridized carbons (Fsp3) is 0.308. The first-order chi connectivity index (χ1) is 7.59. The Balaban J connectivity index is 2.59. The van der Waals surface area contributed by atoms with Crippen molar-refractivity contribution in [2.75, 3.05) is 0 Å². The number of nitrogens with two attached hydrogens (primary N) is 1. The van der Waals surface area contributed by atoms with Gasteiger partial charge < -0.3 is 5.73 Å². The van der Waals surface area contributed by atoms with Gasteiger partial charge in [-0.2, -0.15) is 5.10 Å². The molecule has 1 aromatic carbocycles. The SMILES string of the molecule is Cc1nn(C)cc1-c1ccccc1C(C)N. The normalized spacial score (nSPS) is 12.8. The van der Waals surface area contributed by atoms with Crippen LogP contribution in [0.4, 0.5) is 0 Å². The van der Waals surface area contributed by atoms with Gasteiger partial charge in [-0.1, -0.05) is 24.3 Å². The molecule has 2 N–H and O–H groups in total. The third-order valence-corrected chi connectivity index (χ3v) is 2.75. The van der Waals surface area contributed by atoms with Gasteiger partial charge in [0.25, 0.3) is 0 Å². The zero-order valence-corrected chi connectivity index (χ0v) is 9.94. The third-order valence-electron chi connectivity index (χ3n) is 2.75. The quantitative estimate of drug-likeness (QED) is 0.836. The monoisotopic (exact) mass is 215 g/mol. The predicted molar refractivity (Wildman–Crippen MR) is 66.0 cm³/mol. The summed E-state index contributed by atoms with van der Waals surface area (Å²) >= 11 is 0.